The van der Waals surface area contributed by atoms with E-state index in [1.54, 1.807) is 0 Å². The first kappa shape index (κ1) is 10.7. The Kier molecular flexibility index (Phi) is 2.38. The second kappa shape index (κ2) is 3.34. The zero-order chi connectivity index (χ0) is 11.2. The van der Waals surface area contributed by atoms with Crippen LogP contribution in [-0.2, 0) is 6.42 Å². The third kappa shape index (κ3) is 1.59. The van der Waals surface area contributed by atoms with Crippen molar-refractivity contribution in [3.63, 3.8) is 0 Å². The summed E-state index contributed by atoms with van der Waals surface area (Å²) in [6.45, 7) is 8.55. The summed E-state index contributed by atoms with van der Waals surface area (Å²) in [5.41, 5.74) is 5.14. The van der Waals surface area contributed by atoms with Gasteiger partial charge in [0.15, 0.2) is 0 Å². The Morgan fingerprint density at radius 1 is 1.20 bits per heavy atom. The molecular formula is C14H20O. The van der Waals surface area contributed by atoms with Crippen LogP contribution in [0.4, 0.5) is 0 Å². The SMILES string of the molecule is Cc1ccc(C)c2c1CCC(C)(C)[C@H]2O. The van der Waals surface area contributed by atoms with E-state index >= 15 is 0 Å². The van der Waals surface area contributed by atoms with E-state index in [9.17, 15) is 5.11 Å². The smallest absolute Gasteiger partial charge is 0.0846 e. The Morgan fingerprint density at radius 3 is 2.47 bits per heavy atom. The van der Waals surface area contributed by atoms with Gasteiger partial charge >= 0.3 is 0 Å². The van der Waals surface area contributed by atoms with Crippen LogP contribution in [0.15, 0.2) is 12.1 Å². The van der Waals surface area contributed by atoms with Crippen molar-refractivity contribution >= 4 is 0 Å². The molecule has 0 saturated carbocycles. The molecule has 0 spiro atoms. The van der Waals surface area contributed by atoms with Crippen LogP contribution >= 0.6 is 0 Å². The molecule has 15 heavy (non-hydrogen) atoms. The van der Waals surface area contributed by atoms with Gasteiger partial charge in [0.1, 0.15) is 0 Å². The van der Waals surface area contributed by atoms with Crippen molar-refractivity contribution in [1.82, 2.24) is 0 Å². The number of aliphatic hydroxyl groups is 1. The van der Waals surface area contributed by atoms with Gasteiger partial charge in [-0.3, -0.25) is 0 Å². The number of aryl methyl sites for hydroxylation is 2. The van der Waals surface area contributed by atoms with Gasteiger partial charge in [-0.1, -0.05) is 26.0 Å². The lowest BCUT2D eigenvalue weighted by atomic mass is 9.70. The fourth-order valence-corrected chi connectivity index (χ4v) is 2.58. The maximum absolute atomic E-state index is 10.4. The van der Waals surface area contributed by atoms with E-state index in [-0.39, 0.29) is 11.5 Å². The highest BCUT2D eigenvalue weighted by atomic mass is 16.3. The van der Waals surface area contributed by atoms with Gasteiger partial charge in [0, 0.05) is 0 Å². The zero-order valence-electron chi connectivity index (χ0n) is 10.1. The van der Waals surface area contributed by atoms with Crippen LogP contribution in [-0.4, -0.2) is 5.11 Å². The lowest BCUT2D eigenvalue weighted by molar-refractivity contribution is 0.0333. The first-order valence-electron chi connectivity index (χ1n) is 5.70. The molecule has 1 aromatic rings. The highest BCUT2D eigenvalue weighted by molar-refractivity contribution is 5.43. The molecule has 0 heterocycles. The third-order valence-corrected chi connectivity index (χ3v) is 3.84. The minimum atomic E-state index is -0.304. The van der Waals surface area contributed by atoms with E-state index in [0.29, 0.717) is 0 Å². The molecule has 0 saturated heterocycles. The quantitative estimate of drug-likeness (QED) is 0.687. The summed E-state index contributed by atoms with van der Waals surface area (Å²) in [4.78, 5) is 0. The van der Waals surface area contributed by atoms with E-state index in [2.05, 4.69) is 39.8 Å². The van der Waals surface area contributed by atoms with Gasteiger partial charge in [-0.2, -0.15) is 0 Å². The van der Waals surface area contributed by atoms with Gasteiger partial charge < -0.3 is 5.11 Å². The molecule has 82 valence electrons. The molecule has 0 unspecified atom stereocenters. The Bertz CT molecular complexity index is 391. The van der Waals surface area contributed by atoms with Gasteiger partial charge in [0.05, 0.1) is 6.10 Å². The van der Waals surface area contributed by atoms with Crippen molar-refractivity contribution < 1.29 is 5.11 Å². The van der Waals surface area contributed by atoms with Gasteiger partial charge in [-0.05, 0) is 54.4 Å². The summed E-state index contributed by atoms with van der Waals surface area (Å²) in [6, 6.07) is 4.29. The first-order chi connectivity index (χ1) is 6.93. The highest BCUT2D eigenvalue weighted by Crippen LogP contribution is 2.45. The van der Waals surface area contributed by atoms with Gasteiger partial charge in [-0.25, -0.2) is 0 Å². The molecule has 2 rings (SSSR count). The molecule has 1 aliphatic carbocycles. The summed E-state index contributed by atoms with van der Waals surface area (Å²) in [7, 11) is 0. The second-order valence-corrected chi connectivity index (χ2v) is 5.48. The standard InChI is InChI=1S/C14H20O/c1-9-5-6-10(2)12-11(9)7-8-14(3,4)13(12)15/h5-6,13,15H,7-8H2,1-4H3/t13-/m0/s1. The summed E-state index contributed by atoms with van der Waals surface area (Å²) in [6.07, 6.45) is 1.87. The lowest BCUT2D eigenvalue weighted by Crippen LogP contribution is -2.29. The molecular weight excluding hydrogens is 184 g/mol. The minimum Gasteiger partial charge on any atom is -0.388 e. The fraction of sp³-hybridized carbons (Fsp3) is 0.571. The Morgan fingerprint density at radius 2 is 1.80 bits per heavy atom. The van der Waals surface area contributed by atoms with Crippen LogP contribution in [0.1, 0.15) is 48.6 Å². The molecule has 1 N–H and O–H groups in total. The van der Waals surface area contributed by atoms with E-state index < -0.39 is 0 Å². The minimum absolute atomic E-state index is 0.0194. The zero-order valence-corrected chi connectivity index (χ0v) is 10.1. The molecule has 1 atom stereocenters. The van der Waals surface area contributed by atoms with Crippen molar-refractivity contribution in [3.8, 4) is 0 Å². The molecule has 1 aliphatic rings. The van der Waals surface area contributed by atoms with E-state index in [1.165, 1.54) is 22.3 Å². The normalized spacial score (nSPS) is 23.7. The predicted molar refractivity (Wildman–Crippen MR) is 63.0 cm³/mol. The lowest BCUT2D eigenvalue weighted by Gasteiger charge is -2.38. The van der Waals surface area contributed by atoms with Crippen molar-refractivity contribution in [2.24, 2.45) is 5.41 Å². The number of hydrogen-bond acceptors (Lipinski definition) is 1. The summed E-state index contributed by atoms with van der Waals surface area (Å²) < 4.78 is 0. The monoisotopic (exact) mass is 204 g/mol. The maximum atomic E-state index is 10.4. The van der Waals surface area contributed by atoms with E-state index in [1.807, 2.05) is 0 Å². The predicted octanol–water partition coefficient (Wildman–Crippen LogP) is 3.31. The van der Waals surface area contributed by atoms with Crippen LogP contribution in [0, 0.1) is 19.3 Å². The molecule has 0 radical (unpaired) electrons. The molecule has 0 aliphatic heterocycles. The Balaban J connectivity index is 2.60. The third-order valence-electron chi connectivity index (χ3n) is 3.84. The van der Waals surface area contributed by atoms with Crippen LogP contribution < -0.4 is 0 Å². The summed E-state index contributed by atoms with van der Waals surface area (Å²) in [5, 5.41) is 10.4. The molecule has 1 nitrogen and oxygen atoms in total. The second-order valence-electron chi connectivity index (χ2n) is 5.48. The summed E-state index contributed by atoms with van der Waals surface area (Å²) in [5.74, 6) is 0. The van der Waals surface area contributed by atoms with Crippen LogP contribution in [0.5, 0.6) is 0 Å². The average Bonchev–Trinajstić information content (AvgIpc) is 2.16. The number of fused-ring (bicyclic) bond motifs is 1. The van der Waals surface area contributed by atoms with Gasteiger partial charge in [0.25, 0.3) is 0 Å². The highest BCUT2D eigenvalue weighted by Gasteiger charge is 2.35. The Labute approximate surface area is 92.1 Å². The number of aliphatic hydroxyl groups excluding tert-OH is 1. The molecule has 0 bridgehead atoms. The van der Waals surface area contributed by atoms with Gasteiger partial charge in [0.2, 0.25) is 0 Å². The number of rotatable bonds is 0. The fourth-order valence-electron chi connectivity index (χ4n) is 2.58. The molecule has 0 amide bonds. The van der Waals surface area contributed by atoms with Crippen LogP contribution in [0.3, 0.4) is 0 Å². The van der Waals surface area contributed by atoms with Gasteiger partial charge in [-0.15, -0.1) is 0 Å². The van der Waals surface area contributed by atoms with Crippen molar-refractivity contribution in [2.75, 3.05) is 0 Å². The maximum Gasteiger partial charge on any atom is 0.0846 e. The van der Waals surface area contributed by atoms with E-state index in [0.717, 1.165) is 12.8 Å². The molecule has 1 aromatic carbocycles. The van der Waals surface area contributed by atoms with Crippen molar-refractivity contribution in [3.05, 3.63) is 34.4 Å². The first-order valence-corrected chi connectivity index (χ1v) is 5.70. The Hall–Kier alpha value is -0.820. The molecule has 0 aromatic heterocycles. The van der Waals surface area contributed by atoms with Crippen LogP contribution in [0.2, 0.25) is 0 Å². The van der Waals surface area contributed by atoms with E-state index in [4.69, 9.17) is 0 Å². The number of benzene rings is 1. The molecule has 0 fully saturated rings. The number of hydrogen-bond donors (Lipinski definition) is 1. The largest absolute Gasteiger partial charge is 0.388 e. The van der Waals surface area contributed by atoms with Crippen molar-refractivity contribution in [2.45, 2.75) is 46.6 Å². The topological polar surface area (TPSA) is 20.2 Å². The summed E-state index contributed by atoms with van der Waals surface area (Å²) >= 11 is 0. The van der Waals surface area contributed by atoms with Crippen LogP contribution in [0.25, 0.3) is 0 Å². The van der Waals surface area contributed by atoms with Crippen molar-refractivity contribution in [1.29, 1.82) is 0 Å². The average molecular weight is 204 g/mol. The molecule has 1 heteroatoms.